The average Bonchev–Trinajstić information content (AvgIpc) is 3.21. The lowest BCUT2D eigenvalue weighted by atomic mass is 10.1. The van der Waals surface area contributed by atoms with Crippen LogP contribution in [0.15, 0.2) is 53.4 Å². The average molecular weight is 388 g/mol. The smallest absolute Gasteiger partial charge is 0.260 e. The van der Waals surface area contributed by atoms with Crippen LogP contribution in [0.2, 0.25) is 0 Å². The van der Waals surface area contributed by atoms with Gasteiger partial charge in [0.25, 0.3) is 5.91 Å². The summed E-state index contributed by atoms with van der Waals surface area (Å²) >= 11 is 0. The third-order valence-corrected chi connectivity index (χ3v) is 6.68. The van der Waals surface area contributed by atoms with Crippen LogP contribution in [-0.2, 0) is 10.0 Å². The molecule has 0 atom stereocenters. The summed E-state index contributed by atoms with van der Waals surface area (Å²) in [5.74, 6) is -0.223. The highest BCUT2D eigenvalue weighted by molar-refractivity contribution is 7.89. The van der Waals surface area contributed by atoms with Gasteiger partial charge in [0.1, 0.15) is 0 Å². The lowest BCUT2D eigenvalue weighted by molar-refractivity contribution is 0.0993. The first kappa shape index (κ1) is 19.4. The van der Waals surface area contributed by atoms with E-state index in [1.165, 1.54) is 20.2 Å². The van der Waals surface area contributed by atoms with Crippen LogP contribution in [0.4, 0.5) is 11.4 Å². The van der Waals surface area contributed by atoms with E-state index in [2.05, 4.69) is 4.90 Å². The predicted octanol–water partition coefficient (Wildman–Crippen LogP) is 2.81. The molecule has 27 heavy (non-hydrogen) atoms. The molecule has 7 heteroatoms. The summed E-state index contributed by atoms with van der Waals surface area (Å²) < 4.78 is 26.3. The highest BCUT2D eigenvalue weighted by atomic mass is 32.2. The van der Waals surface area contributed by atoms with Gasteiger partial charge in [-0.25, -0.2) is 12.7 Å². The van der Waals surface area contributed by atoms with E-state index in [-0.39, 0.29) is 10.8 Å². The number of rotatable bonds is 5. The molecule has 0 bridgehead atoms. The van der Waals surface area contributed by atoms with E-state index < -0.39 is 10.0 Å². The predicted molar refractivity (Wildman–Crippen MR) is 108 cm³/mol. The first-order valence-electron chi connectivity index (χ1n) is 8.97. The van der Waals surface area contributed by atoms with Crippen LogP contribution in [0, 0.1) is 0 Å². The first-order valence-corrected chi connectivity index (χ1v) is 10.4. The van der Waals surface area contributed by atoms with Gasteiger partial charge < -0.3 is 9.80 Å². The van der Waals surface area contributed by atoms with Crippen molar-refractivity contribution in [1.29, 1.82) is 0 Å². The Labute approximate surface area is 161 Å². The summed E-state index contributed by atoms with van der Waals surface area (Å²) in [7, 11) is 1.06. The van der Waals surface area contributed by atoms with Gasteiger partial charge in [-0.15, -0.1) is 0 Å². The highest BCUT2D eigenvalue weighted by Crippen LogP contribution is 2.30. The van der Waals surface area contributed by atoms with Gasteiger partial charge in [-0.05, 0) is 43.2 Å². The van der Waals surface area contributed by atoms with Gasteiger partial charge in [-0.2, -0.15) is 0 Å². The van der Waals surface area contributed by atoms with Gasteiger partial charge in [0.2, 0.25) is 10.0 Å². The molecule has 1 heterocycles. The summed E-state index contributed by atoms with van der Waals surface area (Å²) in [4.78, 5) is 17.1. The fourth-order valence-corrected chi connectivity index (χ4v) is 4.17. The monoisotopic (exact) mass is 387 g/mol. The Balaban J connectivity index is 2.08. The van der Waals surface area contributed by atoms with Crippen molar-refractivity contribution in [1.82, 2.24) is 4.31 Å². The maximum absolute atomic E-state index is 13.3. The number of amides is 1. The second kappa shape index (κ2) is 7.70. The van der Waals surface area contributed by atoms with E-state index in [1.807, 2.05) is 30.3 Å². The molecule has 1 aliphatic rings. The van der Waals surface area contributed by atoms with Gasteiger partial charge in [0.15, 0.2) is 0 Å². The maximum Gasteiger partial charge on any atom is 0.260 e. The minimum atomic E-state index is -3.62. The van der Waals surface area contributed by atoms with Crippen molar-refractivity contribution < 1.29 is 13.2 Å². The molecule has 2 aromatic rings. The molecule has 0 spiro atoms. The van der Waals surface area contributed by atoms with Gasteiger partial charge in [-0.1, -0.05) is 18.2 Å². The summed E-state index contributed by atoms with van der Waals surface area (Å²) in [6, 6.07) is 14.2. The van der Waals surface area contributed by atoms with Gasteiger partial charge in [0.05, 0.1) is 10.5 Å². The molecule has 1 saturated heterocycles. The summed E-state index contributed by atoms with van der Waals surface area (Å²) in [5, 5.41) is 0. The van der Waals surface area contributed by atoms with Crippen molar-refractivity contribution in [3.05, 3.63) is 54.1 Å². The Morgan fingerprint density at radius 2 is 1.59 bits per heavy atom. The van der Waals surface area contributed by atoms with E-state index in [9.17, 15) is 13.2 Å². The fourth-order valence-electron chi connectivity index (χ4n) is 3.24. The molecule has 0 radical (unpaired) electrons. The number of benzene rings is 2. The van der Waals surface area contributed by atoms with Crippen molar-refractivity contribution in [3.8, 4) is 0 Å². The molecule has 1 amide bonds. The number of hydrogen-bond donors (Lipinski definition) is 0. The van der Waals surface area contributed by atoms with Crippen molar-refractivity contribution in [3.63, 3.8) is 0 Å². The SMILES string of the molecule is CN(C(=O)c1cc(S(=O)(=O)N(C)C)ccc1N1CCCC1)c1ccccc1. The van der Waals surface area contributed by atoms with Gasteiger partial charge >= 0.3 is 0 Å². The normalized spacial score (nSPS) is 14.6. The van der Waals surface area contributed by atoms with E-state index >= 15 is 0 Å². The Kier molecular flexibility index (Phi) is 5.53. The number of carbonyl (C=O) groups excluding carboxylic acids is 1. The van der Waals surface area contributed by atoms with Crippen LogP contribution in [0.1, 0.15) is 23.2 Å². The molecule has 0 unspecified atom stereocenters. The summed E-state index contributed by atoms with van der Waals surface area (Å²) in [6.45, 7) is 1.74. The fraction of sp³-hybridized carbons (Fsp3) is 0.350. The third kappa shape index (κ3) is 3.84. The topological polar surface area (TPSA) is 60.9 Å². The lowest BCUT2D eigenvalue weighted by Crippen LogP contribution is -2.30. The van der Waals surface area contributed by atoms with Crippen molar-refractivity contribution in [2.24, 2.45) is 0 Å². The van der Waals surface area contributed by atoms with E-state index in [4.69, 9.17) is 0 Å². The largest absolute Gasteiger partial charge is 0.371 e. The maximum atomic E-state index is 13.3. The number of nitrogens with zero attached hydrogens (tertiary/aromatic N) is 3. The Morgan fingerprint density at radius 3 is 2.19 bits per heavy atom. The Hall–Kier alpha value is -2.38. The van der Waals surface area contributed by atoms with E-state index in [0.29, 0.717) is 5.56 Å². The molecule has 1 fully saturated rings. The van der Waals surface area contributed by atoms with Crippen LogP contribution < -0.4 is 9.80 Å². The molecule has 0 aromatic heterocycles. The van der Waals surface area contributed by atoms with Crippen LogP contribution in [0.25, 0.3) is 0 Å². The summed E-state index contributed by atoms with van der Waals surface area (Å²) in [5.41, 5.74) is 1.96. The molecule has 6 nitrogen and oxygen atoms in total. The molecule has 1 aliphatic heterocycles. The minimum Gasteiger partial charge on any atom is -0.371 e. The highest BCUT2D eigenvalue weighted by Gasteiger charge is 2.26. The van der Waals surface area contributed by atoms with Gasteiger partial charge in [-0.3, -0.25) is 4.79 Å². The Morgan fingerprint density at radius 1 is 0.963 bits per heavy atom. The zero-order valence-electron chi connectivity index (χ0n) is 15.9. The second-order valence-corrected chi connectivity index (χ2v) is 9.01. The van der Waals surface area contributed by atoms with Crippen molar-refractivity contribution in [2.45, 2.75) is 17.7 Å². The molecular formula is C20H25N3O3S. The van der Waals surface area contributed by atoms with Gasteiger partial charge in [0, 0.05) is 45.6 Å². The molecular weight excluding hydrogens is 362 g/mol. The standard InChI is InChI=1S/C20H25N3O3S/c1-21(2)27(25,26)17-11-12-19(23-13-7-8-14-23)18(15-17)20(24)22(3)16-9-5-4-6-10-16/h4-6,9-12,15H,7-8,13-14H2,1-3H3. The number of para-hydroxylation sites is 1. The lowest BCUT2D eigenvalue weighted by Gasteiger charge is -2.25. The zero-order chi connectivity index (χ0) is 19.6. The number of sulfonamides is 1. The number of anilines is 2. The Bertz CT molecular complexity index is 921. The van der Waals surface area contributed by atoms with E-state index in [1.54, 1.807) is 24.1 Å². The molecule has 144 valence electrons. The minimum absolute atomic E-state index is 0.125. The number of hydrogen-bond acceptors (Lipinski definition) is 4. The molecule has 3 rings (SSSR count). The molecule has 0 saturated carbocycles. The van der Waals surface area contributed by atoms with E-state index in [0.717, 1.165) is 41.6 Å². The molecule has 0 aliphatic carbocycles. The van der Waals surface area contributed by atoms with Crippen LogP contribution in [0.3, 0.4) is 0 Å². The number of carbonyl (C=O) groups is 1. The summed E-state index contributed by atoms with van der Waals surface area (Å²) in [6.07, 6.45) is 2.14. The first-order chi connectivity index (χ1) is 12.8. The van der Waals surface area contributed by atoms with Crippen molar-refractivity contribution in [2.75, 3.05) is 44.0 Å². The van der Waals surface area contributed by atoms with Crippen LogP contribution >= 0.6 is 0 Å². The second-order valence-electron chi connectivity index (χ2n) is 6.86. The van der Waals surface area contributed by atoms with Crippen LogP contribution in [0.5, 0.6) is 0 Å². The third-order valence-electron chi connectivity index (χ3n) is 4.87. The molecule has 0 N–H and O–H groups in total. The van der Waals surface area contributed by atoms with Crippen molar-refractivity contribution >= 4 is 27.3 Å². The quantitative estimate of drug-likeness (QED) is 0.792. The molecule has 2 aromatic carbocycles. The zero-order valence-corrected chi connectivity index (χ0v) is 16.7. The van der Waals surface area contributed by atoms with Crippen LogP contribution in [-0.4, -0.2) is 52.9 Å².